The average molecular weight is 263 g/mol. The van der Waals surface area contributed by atoms with E-state index in [1.165, 1.54) is 32.1 Å². The standard InChI is InChI=1S/C14H21N3O2/c1-2-19-13(18)12-8-9-15-14(17-12)16-10-11-6-4-3-5-7-11/h8-9,11H,2-7,10H2,1H3,(H,15,16,17). The van der Waals surface area contributed by atoms with E-state index in [9.17, 15) is 4.79 Å². The van der Waals surface area contributed by atoms with Crippen molar-refractivity contribution in [1.29, 1.82) is 0 Å². The van der Waals surface area contributed by atoms with Crippen molar-refractivity contribution < 1.29 is 9.53 Å². The zero-order chi connectivity index (χ0) is 13.5. The first-order valence-electron chi connectivity index (χ1n) is 7.03. The summed E-state index contributed by atoms with van der Waals surface area (Å²) >= 11 is 0. The Morgan fingerprint density at radius 1 is 1.42 bits per heavy atom. The molecule has 1 aromatic rings. The van der Waals surface area contributed by atoms with Gasteiger partial charge in [0.25, 0.3) is 0 Å². The van der Waals surface area contributed by atoms with Crippen LogP contribution < -0.4 is 5.32 Å². The summed E-state index contributed by atoms with van der Waals surface area (Å²) in [5.74, 6) is 0.811. The van der Waals surface area contributed by atoms with E-state index in [4.69, 9.17) is 4.74 Å². The normalized spacial score (nSPS) is 16.1. The molecule has 1 saturated carbocycles. The van der Waals surface area contributed by atoms with Gasteiger partial charge in [0.1, 0.15) is 0 Å². The molecule has 1 aromatic heterocycles. The van der Waals surface area contributed by atoms with Crippen LogP contribution in [0.2, 0.25) is 0 Å². The number of aromatic nitrogens is 2. The molecule has 1 heterocycles. The molecule has 0 atom stereocenters. The third kappa shape index (κ3) is 4.19. The van der Waals surface area contributed by atoms with Gasteiger partial charge in [-0.3, -0.25) is 0 Å². The van der Waals surface area contributed by atoms with Gasteiger partial charge >= 0.3 is 5.97 Å². The summed E-state index contributed by atoms with van der Waals surface area (Å²) < 4.78 is 4.92. The van der Waals surface area contributed by atoms with Gasteiger partial charge < -0.3 is 10.1 Å². The molecule has 5 nitrogen and oxygen atoms in total. The quantitative estimate of drug-likeness (QED) is 0.827. The summed E-state index contributed by atoms with van der Waals surface area (Å²) in [6.07, 6.45) is 8.11. The van der Waals surface area contributed by atoms with Crippen LogP contribution in [0.15, 0.2) is 12.3 Å². The Hall–Kier alpha value is -1.65. The maximum Gasteiger partial charge on any atom is 0.357 e. The molecule has 0 unspecified atom stereocenters. The van der Waals surface area contributed by atoms with Crippen molar-refractivity contribution >= 4 is 11.9 Å². The van der Waals surface area contributed by atoms with Gasteiger partial charge in [0.05, 0.1) is 6.61 Å². The van der Waals surface area contributed by atoms with Crippen molar-refractivity contribution in [2.75, 3.05) is 18.5 Å². The Balaban J connectivity index is 1.89. The van der Waals surface area contributed by atoms with Crippen LogP contribution >= 0.6 is 0 Å². The molecule has 1 fully saturated rings. The summed E-state index contributed by atoms with van der Waals surface area (Å²) in [5.41, 5.74) is 0.308. The first-order chi connectivity index (χ1) is 9.29. The van der Waals surface area contributed by atoms with Crippen LogP contribution in [0.25, 0.3) is 0 Å². The zero-order valence-electron chi connectivity index (χ0n) is 11.4. The van der Waals surface area contributed by atoms with Crippen molar-refractivity contribution in [2.24, 2.45) is 5.92 Å². The minimum Gasteiger partial charge on any atom is -0.461 e. The van der Waals surface area contributed by atoms with E-state index in [1.54, 1.807) is 19.2 Å². The van der Waals surface area contributed by atoms with E-state index < -0.39 is 5.97 Å². The lowest BCUT2D eigenvalue weighted by molar-refractivity contribution is 0.0519. The van der Waals surface area contributed by atoms with Gasteiger partial charge in [-0.2, -0.15) is 0 Å². The summed E-state index contributed by atoms with van der Waals surface area (Å²) in [4.78, 5) is 19.9. The molecule has 0 bridgehead atoms. The van der Waals surface area contributed by atoms with Crippen molar-refractivity contribution in [1.82, 2.24) is 9.97 Å². The number of nitrogens with one attached hydrogen (secondary N) is 1. The molecule has 0 saturated heterocycles. The van der Waals surface area contributed by atoms with E-state index >= 15 is 0 Å². The predicted octanol–water partition coefficient (Wildman–Crippen LogP) is 2.65. The Labute approximate surface area is 113 Å². The minimum absolute atomic E-state index is 0.308. The Kier molecular flexibility index (Phi) is 5.12. The van der Waals surface area contributed by atoms with Crippen LogP contribution in [-0.2, 0) is 4.74 Å². The van der Waals surface area contributed by atoms with Crippen molar-refractivity contribution in [2.45, 2.75) is 39.0 Å². The second-order valence-corrected chi connectivity index (χ2v) is 4.87. The number of carbonyl (C=O) groups is 1. The first-order valence-corrected chi connectivity index (χ1v) is 7.03. The lowest BCUT2D eigenvalue weighted by atomic mass is 9.89. The lowest BCUT2D eigenvalue weighted by Gasteiger charge is -2.21. The Bertz CT molecular complexity index is 417. The van der Waals surface area contributed by atoms with Crippen molar-refractivity contribution in [3.05, 3.63) is 18.0 Å². The van der Waals surface area contributed by atoms with E-state index in [0.717, 1.165) is 6.54 Å². The molecular weight excluding hydrogens is 242 g/mol. The Morgan fingerprint density at radius 2 is 2.21 bits per heavy atom. The van der Waals surface area contributed by atoms with E-state index in [2.05, 4.69) is 15.3 Å². The number of esters is 1. The van der Waals surface area contributed by atoms with Gasteiger partial charge in [-0.05, 0) is 31.7 Å². The van der Waals surface area contributed by atoms with Crippen LogP contribution in [0.3, 0.4) is 0 Å². The largest absolute Gasteiger partial charge is 0.461 e. The lowest BCUT2D eigenvalue weighted by Crippen LogP contribution is -2.19. The molecule has 5 heteroatoms. The predicted molar refractivity (Wildman–Crippen MR) is 73.1 cm³/mol. The molecule has 1 N–H and O–H groups in total. The third-order valence-electron chi connectivity index (χ3n) is 3.41. The molecular formula is C14H21N3O2. The highest BCUT2D eigenvalue weighted by molar-refractivity contribution is 5.87. The topological polar surface area (TPSA) is 64.1 Å². The fraction of sp³-hybridized carbons (Fsp3) is 0.643. The van der Waals surface area contributed by atoms with Crippen LogP contribution in [0.1, 0.15) is 49.5 Å². The van der Waals surface area contributed by atoms with E-state index in [1.807, 2.05) is 0 Å². The molecule has 0 aromatic carbocycles. The molecule has 2 rings (SSSR count). The van der Waals surface area contributed by atoms with E-state index in [-0.39, 0.29) is 0 Å². The highest BCUT2D eigenvalue weighted by Crippen LogP contribution is 2.23. The van der Waals surface area contributed by atoms with Crippen LogP contribution in [0.4, 0.5) is 5.95 Å². The van der Waals surface area contributed by atoms with Gasteiger partial charge in [0, 0.05) is 12.7 Å². The monoisotopic (exact) mass is 263 g/mol. The fourth-order valence-electron chi connectivity index (χ4n) is 2.39. The summed E-state index contributed by atoms with van der Waals surface area (Å²) in [6.45, 7) is 3.02. The number of anilines is 1. The van der Waals surface area contributed by atoms with Gasteiger partial charge in [0.15, 0.2) is 5.69 Å². The fourth-order valence-corrected chi connectivity index (χ4v) is 2.39. The first kappa shape index (κ1) is 13.8. The highest BCUT2D eigenvalue weighted by atomic mass is 16.5. The molecule has 0 radical (unpaired) electrons. The molecule has 1 aliphatic rings. The van der Waals surface area contributed by atoms with Crippen LogP contribution in [0, 0.1) is 5.92 Å². The Morgan fingerprint density at radius 3 is 2.95 bits per heavy atom. The van der Waals surface area contributed by atoms with Gasteiger partial charge in [0.2, 0.25) is 5.95 Å². The van der Waals surface area contributed by atoms with E-state index in [0.29, 0.717) is 24.2 Å². The summed E-state index contributed by atoms with van der Waals surface area (Å²) in [7, 11) is 0. The highest BCUT2D eigenvalue weighted by Gasteiger charge is 2.14. The number of hydrogen-bond acceptors (Lipinski definition) is 5. The molecule has 1 aliphatic carbocycles. The van der Waals surface area contributed by atoms with Gasteiger partial charge in [-0.25, -0.2) is 14.8 Å². The smallest absolute Gasteiger partial charge is 0.357 e. The number of nitrogens with zero attached hydrogens (tertiary/aromatic N) is 2. The summed E-state index contributed by atoms with van der Waals surface area (Å²) in [6, 6.07) is 1.57. The molecule has 0 aliphatic heterocycles. The number of carbonyl (C=O) groups excluding carboxylic acids is 1. The summed E-state index contributed by atoms with van der Waals surface area (Å²) in [5, 5.41) is 3.22. The third-order valence-corrected chi connectivity index (χ3v) is 3.41. The van der Waals surface area contributed by atoms with Crippen LogP contribution in [-0.4, -0.2) is 29.1 Å². The molecule has 19 heavy (non-hydrogen) atoms. The maximum atomic E-state index is 11.6. The number of ether oxygens (including phenoxy) is 1. The minimum atomic E-state index is -0.398. The van der Waals surface area contributed by atoms with Gasteiger partial charge in [-0.15, -0.1) is 0 Å². The average Bonchev–Trinajstić information content (AvgIpc) is 2.47. The molecule has 104 valence electrons. The molecule has 0 spiro atoms. The second-order valence-electron chi connectivity index (χ2n) is 4.87. The maximum absolute atomic E-state index is 11.6. The van der Waals surface area contributed by atoms with Crippen molar-refractivity contribution in [3.63, 3.8) is 0 Å². The SMILES string of the molecule is CCOC(=O)c1ccnc(NCC2CCCCC2)n1. The number of hydrogen-bond donors (Lipinski definition) is 1. The number of rotatable bonds is 5. The molecule has 0 amide bonds. The zero-order valence-corrected chi connectivity index (χ0v) is 11.4. The van der Waals surface area contributed by atoms with Gasteiger partial charge in [-0.1, -0.05) is 19.3 Å². The van der Waals surface area contributed by atoms with Crippen molar-refractivity contribution in [3.8, 4) is 0 Å². The second kappa shape index (κ2) is 7.07. The van der Waals surface area contributed by atoms with Crippen LogP contribution in [0.5, 0.6) is 0 Å².